The van der Waals surface area contributed by atoms with Gasteiger partial charge in [-0.15, -0.1) is 0 Å². The summed E-state index contributed by atoms with van der Waals surface area (Å²) in [6.07, 6.45) is 2.19. The predicted octanol–water partition coefficient (Wildman–Crippen LogP) is 0.636. The molecule has 0 bridgehead atoms. The zero-order valence-corrected chi connectivity index (χ0v) is 19.1. The first-order valence-corrected chi connectivity index (χ1v) is 10.9. The van der Waals surface area contributed by atoms with Crippen molar-refractivity contribution in [2.75, 3.05) is 44.0 Å². The third-order valence-electron chi connectivity index (χ3n) is 4.89. The minimum Gasteiger partial charge on any atom is -0.385 e. The fraction of sp³-hybridized carbons (Fsp3) is 0.455. The van der Waals surface area contributed by atoms with Crippen LogP contribution >= 0.6 is 0 Å². The van der Waals surface area contributed by atoms with Crippen LogP contribution in [-0.2, 0) is 16.1 Å². The second-order valence-electron chi connectivity index (χ2n) is 7.49. The summed E-state index contributed by atoms with van der Waals surface area (Å²) in [6.45, 7) is 2.91. The number of imide groups is 1. The molecule has 180 valence electrons. The Labute approximate surface area is 191 Å². The average molecular weight is 461 g/mol. The van der Waals surface area contributed by atoms with Gasteiger partial charge in [0.2, 0.25) is 5.91 Å². The lowest BCUT2D eigenvalue weighted by molar-refractivity contribution is -0.118. The Morgan fingerprint density at radius 2 is 1.91 bits per heavy atom. The Bertz CT molecular complexity index is 1030. The molecule has 0 spiro atoms. The number of carbonyl (C=O) groups excluding carboxylic acids is 2. The van der Waals surface area contributed by atoms with E-state index >= 15 is 0 Å². The zero-order chi connectivity index (χ0) is 24.2. The first kappa shape index (κ1) is 25.7. The van der Waals surface area contributed by atoms with E-state index in [1.165, 1.54) is 9.47 Å². The Balaban J connectivity index is 2.29. The molecule has 0 saturated heterocycles. The average Bonchev–Trinajstić information content (AvgIpc) is 2.77. The summed E-state index contributed by atoms with van der Waals surface area (Å²) in [5.74, 6) is -0.675. The van der Waals surface area contributed by atoms with E-state index in [2.05, 4.69) is 15.6 Å². The lowest BCUT2D eigenvalue weighted by atomic mass is 10.2. The van der Waals surface area contributed by atoms with Gasteiger partial charge >= 0.3 is 11.7 Å². The van der Waals surface area contributed by atoms with Crippen molar-refractivity contribution in [2.24, 2.45) is 0 Å². The molecule has 2 aromatic rings. The monoisotopic (exact) mass is 460 g/mol. The Morgan fingerprint density at radius 3 is 2.58 bits per heavy atom. The maximum absolute atomic E-state index is 12.7. The largest absolute Gasteiger partial charge is 0.385 e. The third-order valence-corrected chi connectivity index (χ3v) is 4.89. The number of methoxy groups -OCH3 is 1. The smallest absolute Gasteiger partial charge is 0.330 e. The van der Waals surface area contributed by atoms with Gasteiger partial charge in [0.15, 0.2) is 0 Å². The quantitative estimate of drug-likeness (QED) is 0.339. The molecular formula is C22H32N6O5. The van der Waals surface area contributed by atoms with Gasteiger partial charge in [-0.1, -0.05) is 43.7 Å². The van der Waals surface area contributed by atoms with Crippen molar-refractivity contribution >= 4 is 23.4 Å². The number of benzene rings is 1. The Morgan fingerprint density at radius 1 is 1.18 bits per heavy atom. The number of nitrogens with one attached hydrogen (secondary N) is 3. The molecule has 1 aromatic heterocycles. The molecule has 0 radical (unpaired) electrons. The van der Waals surface area contributed by atoms with E-state index in [1.807, 2.05) is 37.3 Å². The van der Waals surface area contributed by atoms with Gasteiger partial charge in [-0.05, 0) is 18.4 Å². The molecule has 0 atom stereocenters. The highest BCUT2D eigenvalue weighted by Gasteiger charge is 2.22. The minimum absolute atomic E-state index is 0.0109. The number of anilines is 2. The maximum Gasteiger partial charge on any atom is 0.330 e. The first-order valence-electron chi connectivity index (χ1n) is 10.9. The van der Waals surface area contributed by atoms with Gasteiger partial charge in [0, 0.05) is 26.8 Å². The standard InChI is InChI=1S/C22H32N6O5/c1-3-4-11-24-21(31)25-17(29)15-27(12-8-13-33-2)18-19(23)28(22(32)26-20(18)30)14-16-9-6-5-7-10-16/h5-7,9-10H,3-4,8,11-15,23H2,1-2H3,(H,26,30,32)(H2,24,25,29,31). The molecule has 0 aliphatic heterocycles. The van der Waals surface area contributed by atoms with E-state index in [4.69, 9.17) is 10.5 Å². The van der Waals surface area contributed by atoms with Crippen LogP contribution in [0, 0.1) is 0 Å². The summed E-state index contributed by atoms with van der Waals surface area (Å²) < 4.78 is 6.31. The van der Waals surface area contributed by atoms with Crippen molar-refractivity contribution in [2.45, 2.75) is 32.7 Å². The number of nitrogen functional groups attached to an aromatic ring is 1. The summed E-state index contributed by atoms with van der Waals surface area (Å²) in [5.41, 5.74) is 5.70. The van der Waals surface area contributed by atoms with Crippen molar-refractivity contribution in [3.63, 3.8) is 0 Å². The van der Waals surface area contributed by atoms with Crippen molar-refractivity contribution in [1.82, 2.24) is 20.2 Å². The molecule has 0 saturated carbocycles. The molecule has 11 heteroatoms. The number of amides is 3. The van der Waals surface area contributed by atoms with Crippen LogP contribution in [0.2, 0.25) is 0 Å². The lowest BCUT2D eigenvalue weighted by Crippen LogP contribution is -2.47. The number of hydrogen-bond donors (Lipinski definition) is 4. The van der Waals surface area contributed by atoms with Gasteiger partial charge in [0.1, 0.15) is 11.5 Å². The number of ether oxygens (including phenoxy) is 1. The molecule has 0 fully saturated rings. The van der Waals surface area contributed by atoms with Crippen LogP contribution in [0.3, 0.4) is 0 Å². The van der Waals surface area contributed by atoms with Crippen LogP contribution in [-0.4, -0.2) is 54.8 Å². The van der Waals surface area contributed by atoms with E-state index in [0.29, 0.717) is 19.6 Å². The Hall–Kier alpha value is -3.60. The second-order valence-corrected chi connectivity index (χ2v) is 7.49. The fourth-order valence-corrected chi connectivity index (χ4v) is 3.24. The molecular weight excluding hydrogens is 428 g/mol. The van der Waals surface area contributed by atoms with Crippen molar-refractivity contribution in [1.29, 1.82) is 0 Å². The molecule has 1 aromatic carbocycles. The third kappa shape index (κ3) is 7.79. The molecule has 2 rings (SSSR count). The molecule has 1 heterocycles. The molecule has 11 nitrogen and oxygen atoms in total. The van der Waals surface area contributed by atoms with Crippen LogP contribution in [0.5, 0.6) is 0 Å². The minimum atomic E-state index is -0.709. The zero-order valence-electron chi connectivity index (χ0n) is 19.1. The lowest BCUT2D eigenvalue weighted by Gasteiger charge is -2.25. The molecule has 33 heavy (non-hydrogen) atoms. The number of hydrogen-bond acceptors (Lipinski definition) is 7. The van der Waals surface area contributed by atoms with E-state index in [0.717, 1.165) is 18.4 Å². The Kier molecular flexibility index (Phi) is 10.2. The van der Waals surface area contributed by atoms with Crippen LogP contribution in [0.25, 0.3) is 0 Å². The molecule has 0 aliphatic rings. The number of nitrogens with zero attached hydrogens (tertiary/aromatic N) is 2. The topological polar surface area (TPSA) is 152 Å². The van der Waals surface area contributed by atoms with Crippen molar-refractivity contribution < 1.29 is 14.3 Å². The van der Waals surface area contributed by atoms with Gasteiger partial charge in [-0.2, -0.15) is 0 Å². The molecule has 0 unspecified atom stereocenters. The van der Waals surface area contributed by atoms with Gasteiger partial charge in [-0.3, -0.25) is 24.5 Å². The summed E-state index contributed by atoms with van der Waals surface area (Å²) >= 11 is 0. The number of unbranched alkanes of at least 4 members (excludes halogenated alkanes) is 1. The molecule has 5 N–H and O–H groups in total. The van der Waals surface area contributed by atoms with Gasteiger partial charge in [-0.25, -0.2) is 9.59 Å². The number of aromatic amines is 1. The molecule has 3 amide bonds. The fourth-order valence-electron chi connectivity index (χ4n) is 3.24. The van der Waals surface area contributed by atoms with E-state index < -0.39 is 23.2 Å². The van der Waals surface area contributed by atoms with E-state index in [-0.39, 0.29) is 31.1 Å². The highest BCUT2D eigenvalue weighted by Crippen LogP contribution is 2.18. The summed E-state index contributed by atoms with van der Waals surface area (Å²) in [7, 11) is 1.54. The molecule has 0 aliphatic carbocycles. The van der Waals surface area contributed by atoms with Gasteiger partial charge in [0.25, 0.3) is 5.56 Å². The number of rotatable bonds is 12. The van der Waals surface area contributed by atoms with Gasteiger partial charge < -0.3 is 20.7 Å². The summed E-state index contributed by atoms with van der Waals surface area (Å²) in [6, 6.07) is 8.56. The van der Waals surface area contributed by atoms with E-state index in [1.54, 1.807) is 7.11 Å². The highest BCUT2D eigenvalue weighted by atomic mass is 16.5. The highest BCUT2D eigenvalue weighted by molar-refractivity contribution is 5.96. The number of aromatic nitrogens is 2. The number of urea groups is 1. The summed E-state index contributed by atoms with van der Waals surface area (Å²) in [4.78, 5) is 53.3. The summed E-state index contributed by atoms with van der Waals surface area (Å²) in [5, 5.41) is 4.85. The second kappa shape index (κ2) is 13.1. The maximum atomic E-state index is 12.7. The number of H-pyrrole nitrogens is 1. The van der Waals surface area contributed by atoms with Crippen LogP contribution in [0.1, 0.15) is 31.7 Å². The predicted molar refractivity (Wildman–Crippen MR) is 126 cm³/mol. The van der Waals surface area contributed by atoms with Gasteiger partial charge in [0.05, 0.1) is 13.1 Å². The van der Waals surface area contributed by atoms with Crippen LogP contribution in [0.4, 0.5) is 16.3 Å². The SMILES string of the molecule is CCCCNC(=O)NC(=O)CN(CCCOC)c1c(N)n(Cc2ccccc2)c(=O)[nH]c1=O. The first-order chi connectivity index (χ1) is 15.9. The van der Waals surface area contributed by atoms with E-state index in [9.17, 15) is 19.2 Å². The van der Waals surface area contributed by atoms with Crippen molar-refractivity contribution in [3.05, 3.63) is 56.7 Å². The van der Waals surface area contributed by atoms with Crippen LogP contribution < -0.4 is 32.5 Å². The number of nitrogens with two attached hydrogens (primary N) is 1. The number of carbonyl (C=O) groups is 2. The van der Waals surface area contributed by atoms with Crippen LogP contribution in [0.15, 0.2) is 39.9 Å². The normalized spacial score (nSPS) is 10.6. The van der Waals surface area contributed by atoms with Crippen molar-refractivity contribution in [3.8, 4) is 0 Å².